The minimum atomic E-state index is -1.28. The minimum Gasteiger partial charge on any atom is -0.534 e. The van der Waals surface area contributed by atoms with Crippen LogP contribution in [0.2, 0.25) is 0 Å². The van der Waals surface area contributed by atoms with E-state index in [1.54, 1.807) is 12.1 Å². The second-order valence-corrected chi connectivity index (χ2v) is 6.06. The first kappa shape index (κ1) is 16.8. The number of carboxylic acid groups (broad SMARTS) is 1. The lowest BCUT2D eigenvalue weighted by molar-refractivity contribution is -0.120. The van der Waals surface area contributed by atoms with Crippen LogP contribution in [0.4, 0.5) is 0 Å². The van der Waals surface area contributed by atoms with E-state index < -0.39 is 19.0 Å². The summed E-state index contributed by atoms with van der Waals surface area (Å²) in [6.07, 6.45) is 1.29. The molecule has 0 bridgehead atoms. The molecule has 1 amide bonds. The molecule has 2 aliphatic rings. The summed E-state index contributed by atoms with van der Waals surface area (Å²) in [4.78, 5) is 23.3. The molecule has 128 valence electrons. The highest BCUT2D eigenvalue weighted by molar-refractivity contribution is 6.47. The standard InChI is InChI=1S/C15H20BN3O5/c20-13(8-18-10-4-5-17-7-10)19-12-6-9-2-1-3-11(15(21)22)14(9)24-16(12)23/h1-3,10,12,17-18,23H,4-8H2,(H,19,20)(H,21,22). The zero-order valence-electron chi connectivity index (χ0n) is 13.1. The Morgan fingerprint density at radius 2 is 2.25 bits per heavy atom. The van der Waals surface area contributed by atoms with Crippen LogP contribution in [-0.4, -0.2) is 60.7 Å². The van der Waals surface area contributed by atoms with E-state index in [-0.39, 0.29) is 29.8 Å². The number of carboxylic acids is 1. The fourth-order valence-electron chi connectivity index (χ4n) is 3.04. The van der Waals surface area contributed by atoms with E-state index in [0.717, 1.165) is 19.5 Å². The summed E-state index contributed by atoms with van der Waals surface area (Å²) in [6.45, 7) is 1.95. The summed E-state index contributed by atoms with van der Waals surface area (Å²) in [5.41, 5.74) is 0.658. The van der Waals surface area contributed by atoms with E-state index in [0.29, 0.717) is 12.0 Å². The van der Waals surface area contributed by atoms with E-state index in [1.807, 2.05) is 0 Å². The summed E-state index contributed by atoms with van der Waals surface area (Å²) < 4.78 is 5.35. The van der Waals surface area contributed by atoms with Crippen LogP contribution in [-0.2, 0) is 11.2 Å². The SMILES string of the molecule is O=C(CNC1CCNC1)NC1Cc2cccc(C(=O)O)c2OB1O. The minimum absolute atomic E-state index is 0.00623. The number of fused-ring (bicyclic) bond motifs is 1. The number of aromatic carboxylic acids is 1. The molecule has 1 saturated heterocycles. The molecule has 9 heteroatoms. The van der Waals surface area contributed by atoms with Crippen LogP contribution < -0.4 is 20.6 Å². The van der Waals surface area contributed by atoms with Crippen LogP contribution >= 0.6 is 0 Å². The van der Waals surface area contributed by atoms with Crippen molar-refractivity contribution in [2.45, 2.75) is 24.8 Å². The van der Waals surface area contributed by atoms with Crippen molar-refractivity contribution >= 4 is 19.0 Å². The van der Waals surface area contributed by atoms with Crippen molar-refractivity contribution in [1.82, 2.24) is 16.0 Å². The third-order valence-electron chi connectivity index (χ3n) is 4.31. The molecule has 2 heterocycles. The topological polar surface area (TPSA) is 120 Å². The number of benzene rings is 1. The number of carbonyl (C=O) groups is 2. The van der Waals surface area contributed by atoms with Crippen molar-refractivity contribution in [3.8, 4) is 5.75 Å². The highest BCUT2D eigenvalue weighted by Crippen LogP contribution is 2.30. The van der Waals surface area contributed by atoms with Crippen molar-refractivity contribution in [3.63, 3.8) is 0 Å². The molecule has 1 aromatic rings. The zero-order valence-corrected chi connectivity index (χ0v) is 13.1. The van der Waals surface area contributed by atoms with Crippen molar-refractivity contribution < 1.29 is 24.4 Å². The molecular formula is C15H20BN3O5. The lowest BCUT2D eigenvalue weighted by Crippen LogP contribution is -2.55. The smallest absolute Gasteiger partial charge is 0.534 e. The molecule has 2 unspecified atom stereocenters. The van der Waals surface area contributed by atoms with Gasteiger partial charge in [0.25, 0.3) is 0 Å². The maximum absolute atomic E-state index is 12.0. The molecule has 2 atom stereocenters. The van der Waals surface area contributed by atoms with Gasteiger partial charge in [-0.1, -0.05) is 12.1 Å². The number of hydrogen-bond acceptors (Lipinski definition) is 6. The second kappa shape index (κ2) is 7.21. The number of nitrogens with one attached hydrogen (secondary N) is 3. The van der Waals surface area contributed by atoms with Gasteiger partial charge in [0.05, 0.1) is 18.0 Å². The summed E-state index contributed by atoms with van der Waals surface area (Å²) in [6, 6.07) is 5.06. The Labute approximate surface area is 139 Å². The monoisotopic (exact) mass is 333 g/mol. The van der Waals surface area contributed by atoms with E-state index in [9.17, 15) is 14.6 Å². The number of para-hydroxylation sites is 1. The molecule has 3 rings (SSSR count). The highest BCUT2D eigenvalue weighted by Gasteiger charge is 2.37. The van der Waals surface area contributed by atoms with Crippen molar-refractivity contribution in [1.29, 1.82) is 0 Å². The van der Waals surface area contributed by atoms with Crippen LogP contribution in [0.15, 0.2) is 18.2 Å². The van der Waals surface area contributed by atoms with Crippen LogP contribution in [0.3, 0.4) is 0 Å². The van der Waals surface area contributed by atoms with Gasteiger partial charge in [-0.3, -0.25) is 4.79 Å². The molecule has 0 radical (unpaired) electrons. The maximum atomic E-state index is 12.0. The van der Waals surface area contributed by atoms with Gasteiger partial charge in [-0.2, -0.15) is 0 Å². The molecule has 1 aromatic carbocycles. The maximum Gasteiger partial charge on any atom is 0.547 e. The molecular weight excluding hydrogens is 313 g/mol. The van der Waals surface area contributed by atoms with Gasteiger partial charge in [0, 0.05) is 12.6 Å². The third kappa shape index (κ3) is 3.69. The van der Waals surface area contributed by atoms with Gasteiger partial charge in [0.2, 0.25) is 5.91 Å². The number of rotatable bonds is 5. The molecule has 1 fully saturated rings. The van der Waals surface area contributed by atoms with Gasteiger partial charge in [-0.05, 0) is 31.0 Å². The molecule has 24 heavy (non-hydrogen) atoms. The Balaban J connectivity index is 1.60. The van der Waals surface area contributed by atoms with Crippen molar-refractivity contribution in [2.24, 2.45) is 0 Å². The molecule has 5 N–H and O–H groups in total. The van der Waals surface area contributed by atoms with Crippen LogP contribution in [0.1, 0.15) is 22.3 Å². The summed E-state index contributed by atoms with van der Waals surface area (Å²) >= 11 is 0. The molecule has 2 aliphatic heterocycles. The molecule has 0 saturated carbocycles. The number of hydrogen-bond donors (Lipinski definition) is 5. The first-order chi connectivity index (χ1) is 11.5. The van der Waals surface area contributed by atoms with E-state index >= 15 is 0 Å². The predicted molar refractivity (Wildman–Crippen MR) is 86.9 cm³/mol. The zero-order chi connectivity index (χ0) is 17.1. The highest BCUT2D eigenvalue weighted by atomic mass is 16.5. The Hall–Kier alpha value is -2.10. The van der Waals surface area contributed by atoms with E-state index in [2.05, 4.69) is 16.0 Å². The van der Waals surface area contributed by atoms with Gasteiger partial charge >= 0.3 is 13.1 Å². The average Bonchev–Trinajstić information content (AvgIpc) is 3.06. The molecule has 0 spiro atoms. The van der Waals surface area contributed by atoms with Crippen molar-refractivity contribution in [3.05, 3.63) is 29.3 Å². The van der Waals surface area contributed by atoms with Crippen molar-refractivity contribution in [2.75, 3.05) is 19.6 Å². The van der Waals surface area contributed by atoms with Gasteiger partial charge < -0.3 is 30.7 Å². The second-order valence-electron chi connectivity index (χ2n) is 6.06. The van der Waals surface area contributed by atoms with Crippen LogP contribution in [0.25, 0.3) is 0 Å². The normalized spacial score (nSPS) is 22.6. The fourth-order valence-corrected chi connectivity index (χ4v) is 3.04. The largest absolute Gasteiger partial charge is 0.547 e. The Kier molecular flexibility index (Phi) is 5.03. The third-order valence-corrected chi connectivity index (χ3v) is 4.31. The van der Waals surface area contributed by atoms with Gasteiger partial charge in [0.15, 0.2) is 0 Å². The fraction of sp³-hybridized carbons (Fsp3) is 0.467. The molecule has 8 nitrogen and oxygen atoms in total. The summed E-state index contributed by atoms with van der Waals surface area (Å²) in [7, 11) is -1.28. The summed E-state index contributed by atoms with van der Waals surface area (Å²) in [5, 5.41) is 28.4. The molecule has 0 aliphatic carbocycles. The lowest BCUT2D eigenvalue weighted by atomic mass is 9.72. The van der Waals surface area contributed by atoms with Gasteiger partial charge in [-0.25, -0.2) is 4.79 Å². The first-order valence-electron chi connectivity index (χ1n) is 7.98. The molecule has 0 aromatic heterocycles. The quantitative estimate of drug-likeness (QED) is 0.428. The average molecular weight is 333 g/mol. The Morgan fingerprint density at radius 1 is 1.42 bits per heavy atom. The Morgan fingerprint density at radius 3 is 2.96 bits per heavy atom. The predicted octanol–water partition coefficient (Wildman–Crippen LogP) is -1.22. The van der Waals surface area contributed by atoms with Crippen LogP contribution in [0.5, 0.6) is 5.75 Å². The lowest BCUT2D eigenvalue weighted by Gasteiger charge is -2.29. The number of amides is 1. The Bertz CT molecular complexity index is 636. The van der Waals surface area contributed by atoms with Gasteiger partial charge in [-0.15, -0.1) is 0 Å². The van der Waals surface area contributed by atoms with Gasteiger partial charge in [0.1, 0.15) is 5.75 Å². The van der Waals surface area contributed by atoms with E-state index in [4.69, 9.17) is 9.76 Å². The van der Waals surface area contributed by atoms with E-state index in [1.165, 1.54) is 6.07 Å². The van der Waals surface area contributed by atoms with Crippen LogP contribution in [0, 0.1) is 0 Å². The number of carbonyl (C=O) groups excluding carboxylic acids is 1. The first-order valence-corrected chi connectivity index (χ1v) is 7.98. The summed E-state index contributed by atoms with van der Waals surface area (Å²) in [5.74, 6) is -1.79.